The number of carbonyl (C=O) groups excluding carboxylic acids is 1. The van der Waals surface area contributed by atoms with Crippen LogP contribution in [0.2, 0.25) is 0 Å². The van der Waals surface area contributed by atoms with E-state index in [-0.39, 0.29) is 11.7 Å². The van der Waals surface area contributed by atoms with Gasteiger partial charge in [0.2, 0.25) is 0 Å². The molecule has 0 saturated heterocycles. The van der Waals surface area contributed by atoms with Crippen molar-refractivity contribution in [3.63, 3.8) is 0 Å². The summed E-state index contributed by atoms with van der Waals surface area (Å²) >= 11 is 0. The van der Waals surface area contributed by atoms with E-state index in [0.717, 1.165) is 18.7 Å². The van der Waals surface area contributed by atoms with E-state index in [4.69, 9.17) is 11.5 Å². The van der Waals surface area contributed by atoms with Gasteiger partial charge in [0.1, 0.15) is 5.69 Å². The molecule has 0 aliphatic rings. The van der Waals surface area contributed by atoms with Gasteiger partial charge in [-0.15, -0.1) is 0 Å². The van der Waals surface area contributed by atoms with E-state index in [1.807, 2.05) is 13.1 Å². The molecule has 0 fully saturated rings. The van der Waals surface area contributed by atoms with Gasteiger partial charge in [0.25, 0.3) is 5.91 Å². The minimum atomic E-state index is -0.510. The van der Waals surface area contributed by atoms with Crippen molar-refractivity contribution in [1.82, 2.24) is 4.98 Å². The van der Waals surface area contributed by atoms with Gasteiger partial charge in [0.15, 0.2) is 0 Å². The van der Waals surface area contributed by atoms with Crippen LogP contribution < -0.4 is 16.4 Å². The molecule has 0 spiro atoms. The van der Waals surface area contributed by atoms with Crippen molar-refractivity contribution in [1.29, 1.82) is 0 Å². The Morgan fingerprint density at radius 2 is 2.17 bits per heavy atom. The molecule has 1 aromatic rings. The van der Waals surface area contributed by atoms with Crippen molar-refractivity contribution in [3.8, 4) is 0 Å². The number of primary amides is 1. The predicted molar refractivity (Wildman–Crippen MR) is 73.5 cm³/mol. The molecule has 100 valence electrons. The molecule has 5 nitrogen and oxygen atoms in total. The molecule has 18 heavy (non-hydrogen) atoms. The maximum Gasteiger partial charge on any atom is 0.267 e. The van der Waals surface area contributed by atoms with Gasteiger partial charge in [-0.1, -0.05) is 13.8 Å². The van der Waals surface area contributed by atoms with Crippen LogP contribution in [0.25, 0.3) is 0 Å². The highest BCUT2D eigenvalue weighted by molar-refractivity contribution is 5.91. The van der Waals surface area contributed by atoms with Crippen molar-refractivity contribution < 1.29 is 4.79 Å². The van der Waals surface area contributed by atoms with Gasteiger partial charge in [-0.2, -0.15) is 0 Å². The van der Waals surface area contributed by atoms with Crippen LogP contribution in [0.4, 0.5) is 5.69 Å². The molecular formula is C13H22N4O. The normalized spacial score (nSPS) is 12.5. The molecule has 5 heteroatoms. The Labute approximate surface area is 108 Å². The van der Waals surface area contributed by atoms with E-state index in [1.54, 1.807) is 12.3 Å². The fourth-order valence-corrected chi connectivity index (χ4v) is 1.60. The maximum absolute atomic E-state index is 11.1. The topological polar surface area (TPSA) is 85.2 Å². The van der Waals surface area contributed by atoms with Crippen LogP contribution in [0.1, 0.15) is 30.8 Å². The minimum absolute atomic E-state index is 0.185. The first-order valence-corrected chi connectivity index (χ1v) is 6.14. The average Bonchev–Trinajstić information content (AvgIpc) is 2.35. The van der Waals surface area contributed by atoms with Crippen LogP contribution in [-0.2, 0) is 0 Å². The second-order valence-corrected chi connectivity index (χ2v) is 4.88. The molecule has 0 aliphatic carbocycles. The standard InChI is InChI=1S/C13H22N4O/c1-9(2)11(14)5-7-17(3)10-4-6-16-12(8-10)13(15)18/h4,6,8-9,11H,5,7,14H2,1-3H3,(H2,15,18). The number of pyridine rings is 1. The number of anilines is 1. The average molecular weight is 250 g/mol. The molecule has 1 heterocycles. The van der Waals surface area contributed by atoms with E-state index < -0.39 is 5.91 Å². The fraction of sp³-hybridized carbons (Fsp3) is 0.538. The summed E-state index contributed by atoms with van der Waals surface area (Å²) < 4.78 is 0. The van der Waals surface area contributed by atoms with E-state index in [9.17, 15) is 4.79 Å². The molecule has 1 atom stereocenters. The zero-order chi connectivity index (χ0) is 13.7. The van der Waals surface area contributed by atoms with Crippen LogP contribution in [-0.4, -0.2) is 30.5 Å². The molecule has 0 bridgehead atoms. The summed E-state index contributed by atoms with van der Waals surface area (Å²) in [5.41, 5.74) is 12.4. The third kappa shape index (κ3) is 4.00. The zero-order valence-electron chi connectivity index (χ0n) is 11.3. The molecule has 0 saturated carbocycles. The lowest BCUT2D eigenvalue weighted by Crippen LogP contribution is -2.32. The summed E-state index contributed by atoms with van der Waals surface area (Å²) in [6, 6.07) is 3.74. The highest BCUT2D eigenvalue weighted by Crippen LogP contribution is 2.14. The highest BCUT2D eigenvalue weighted by atomic mass is 16.1. The molecule has 0 aliphatic heterocycles. The van der Waals surface area contributed by atoms with E-state index in [2.05, 4.69) is 23.7 Å². The summed E-state index contributed by atoms with van der Waals surface area (Å²) in [4.78, 5) is 17.0. The van der Waals surface area contributed by atoms with Gasteiger partial charge in [0, 0.05) is 31.5 Å². The lowest BCUT2D eigenvalue weighted by molar-refractivity contribution is 0.0995. The molecule has 4 N–H and O–H groups in total. The molecule has 1 unspecified atom stereocenters. The largest absolute Gasteiger partial charge is 0.374 e. The number of hydrogen-bond acceptors (Lipinski definition) is 4. The summed E-state index contributed by atoms with van der Waals surface area (Å²) in [6.45, 7) is 5.06. The number of amides is 1. The van der Waals surface area contributed by atoms with Crippen LogP contribution in [0, 0.1) is 5.92 Å². The third-order valence-corrected chi connectivity index (χ3v) is 3.09. The zero-order valence-corrected chi connectivity index (χ0v) is 11.3. The van der Waals surface area contributed by atoms with Crippen molar-refractivity contribution in [2.75, 3.05) is 18.5 Å². The van der Waals surface area contributed by atoms with Gasteiger partial charge >= 0.3 is 0 Å². The number of hydrogen-bond donors (Lipinski definition) is 2. The smallest absolute Gasteiger partial charge is 0.267 e. The van der Waals surface area contributed by atoms with Crippen molar-refractivity contribution in [2.45, 2.75) is 26.3 Å². The van der Waals surface area contributed by atoms with Crippen molar-refractivity contribution in [2.24, 2.45) is 17.4 Å². The summed E-state index contributed by atoms with van der Waals surface area (Å²) in [6.07, 6.45) is 2.50. The molecule has 0 radical (unpaired) electrons. The fourth-order valence-electron chi connectivity index (χ4n) is 1.60. The lowest BCUT2D eigenvalue weighted by atomic mass is 10.0. The van der Waals surface area contributed by atoms with Gasteiger partial charge in [0.05, 0.1) is 0 Å². The van der Waals surface area contributed by atoms with Gasteiger partial charge in [-0.25, -0.2) is 0 Å². The molecule has 0 aromatic carbocycles. The Morgan fingerprint density at radius 3 is 2.72 bits per heavy atom. The van der Waals surface area contributed by atoms with Crippen molar-refractivity contribution in [3.05, 3.63) is 24.0 Å². The Kier molecular flexibility index (Phi) is 5.09. The molecule has 1 rings (SSSR count). The number of aromatic nitrogens is 1. The summed E-state index contributed by atoms with van der Waals surface area (Å²) in [5.74, 6) is -0.0406. The monoisotopic (exact) mass is 250 g/mol. The van der Waals surface area contributed by atoms with Crippen LogP contribution in [0.3, 0.4) is 0 Å². The van der Waals surface area contributed by atoms with Crippen LogP contribution >= 0.6 is 0 Å². The van der Waals surface area contributed by atoms with Crippen LogP contribution in [0.5, 0.6) is 0 Å². The second kappa shape index (κ2) is 6.35. The highest BCUT2D eigenvalue weighted by Gasteiger charge is 2.10. The number of rotatable bonds is 6. The van der Waals surface area contributed by atoms with Crippen molar-refractivity contribution >= 4 is 11.6 Å². The SMILES string of the molecule is CC(C)C(N)CCN(C)c1ccnc(C(N)=O)c1. The van der Waals surface area contributed by atoms with Gasteiger partial charge in [-0.3, -0.25) is 9.78 Å². The summed E-state index contributed by atoms with van der Waals surface area (Å²) in [5, 5.41) is 0. The first-order chi connectivity index (χ1) is 8.41. The Morgan fingerprint density at radius 1 is 1.50 bits per heavy atom. The van der Waals surface area contributed by atoms with Crippen LogP contribution in [0.15, 0.2) is 18.3 Å². The van der Waals surface area contributed by atoms with E-state index >= 15 is 0 Å². The second-order valence-electron chi connectivity index (χ2n) is 4.88. The predicted octanol–water partition coefficient (Wildman–Crippen LogP) is 0.990. The van der Waals surface area contributed by atoms with Gasteiger partial charge < -0.3 is 16.4 Å². The lowest BCUT2D eigenvalue weighted by Gasteiger charge is -2.23. The number of nitrogens with two attached hydrogens (primary N) is 2. The Hall–Kier alpha value is -1.62. The minimum Gasteiger partial charge on any atom is -0.374 e. The molecule has 1 amide bonds. The number of carbonyl (C=O) groups is 1. The molecular weight excluding hydrogens is 228 g/mol. The summed E-state index contributed by atoms with van der Waals surface area (Å²) in [7, 11) is 1.97. The third-order valence-electron chi connectivity index (χ3n) is 3.09. The van der Waals surface area contributed by atoms with Gasteiger partial charge in [-0.05, 0) is 24.5 Å². The van der Waals surface area contributed by atoms with E-state index in [1.165, 1.54) is 0 Å². The maximum atomic E-state index is 11.1. The number of nitrogens with zero attached hydrogens (tertiary/aromatic N) is 2. The first-order valence-electron chi connectivity index (χ1n) is 6.14. The van der Waals surface area contributed by atoms with E-state index in [0.29, 0.717) is 5.92 Å². The first kappa shape index (κ1) is 14.4. The Balaban J connectivity index is 2.64. The Bertz CT molecular complexity index is 406. The quantitative estimate of drug-likeness (QED) is 0.788. The molecule has 1 aromatic heterocycles.